The normalized spacial score (nSPS) is 17.0. The van der Waals surface area contributed by atoms with Crippen molar-refractivity contribution in [3.63, 3.8) is 0 Å². The average molecular weight is 379 g/mol. The third-order valence-electron chi connectivity index (χ3n) is 4.76. The number of nitrogens with zero attached hydrogens (tertiary/aromatic N) is 3. The van der Waals surface area contributed by atoms with E-state index in [1.165, 1.54) is 5.56 Å². The number of pyridine rings is 1. The second-order valence-electron chi connectivity index (χ2n) is 6.67. The fourth-order valence-electron chi connectivity index (χ4n) is 3.41. The van der Waals surface area contributed by atoms with E-state index in [2.05, 4.69) is 27.4 Å². The minimum atomic E-state index is 0.0300. The van der Waals surface area contributed by atoms with Gasteiger partial charge in [0.2, 0.25) is 5.91 Å². The molecule has 0 radical (unpaired) electrons. The molecule has 27 heavy (non-hydrogen) atoms. The van der Waals surface area contributed by atoms with E-state index in [1.807, 2.05) is 46.8 Å². The first-order chi connectivity index (χ1) is 13.3. The lowest BCUT2D eigenvalue weighted by atomic mass is 10.0. The Labute approximate surface area is 163 Å². The van der Waals surface area contributed by atoms with E-state index in [4.69, 9.17) is 0 Å². The van der Waals surface area contributed by atoms with Crippen LogP contribution in [0, 0.1) is 0 Å². The van der Waals surface area contributed by atoms with Crippen molar-refractivity contribution in [1.82, 2.24) is 20.2 Å². The number of amides is 1. The number of rotatable bonds is 5. The van der Waals surface area contributed by atoms with Crippen LogP contribution in [-0.2, 0) is 17.6 Å². The number of benzene rings is 1. The van der Waals surface area contributed by atoms with Crippen molar-refractivity contribution in [3.8, 4) is 0 Å². The molecular formula is C21H22N4OS. The summed E-state index contributed by atoms with van der Waals surface area (Å²) in [6, 6.07) is 14.3. The number of carbonyl (C=O) groups is 1. The maximum Gasteiger partial charge on any atom is 0.229 e. The second kappa shape index (κ2) is 8.41. The number of nitrogens with one attached hydrogen (secondary N) is 1. The van der Waals surface area contributed by atoms with Crippen molar-refractivity contribution in [1.29, 1.82) is 0 Å². The van der Waals surface area contributed by atoms with E-state index >= 15 is 0 Å². The van der Waals surface area contributed by atoms with Crippen LogP contribution in [0.5, 0.6) is 0 Å². The third kappa shape index (κ3) is 4.40. The summed E-state index contributed by atoms with van der Waals surface area (Å²) in [5.74, 6) is 0.127. The van der Waals surface area contributed by atoms with Crippen LogP contribution in [0.4, 0.5) is 0 Å². The number of hydrogen-bond acceptors (Lipinski definition) is 5. The monoisotopic (exact) mass is 378 g/mol. The molecule has 5 nitrogen and oxygen atoms in total. The lowest BCUT2D eigenvalue weighted by Gasteiger charge is -2.36. The molecule has 1 unspecified atom stereocenters. The first-order valence-corrected chi connectivity index (χ1v) is 10.0. The molecule has 4 rings (SSSR count). The van der Waals surface area contributed by atoms with Crippen molar-refractivity contribution in [2.24, 2.45) is 0 Å². The predicted molar refractivity (Wildman–Crippen MR) is 107 cm³/mol. The van der Waals surface area contributed by atoms with E-state index in [0.29, 0.717) is 13.0 Å². The molecule has 0 spiro atoms. The molecule has 0 saturated carbocycles. The maximum absolute atomic E-state index is 13.0. The van der Waals surface area contributed by atoms with Crippen LogP contribution < -0.4 is 5.32 Å². The molecule has 2 aromatic heterocycles. The fraction of sp³-hybridized carbons (Fsp3) is 0.286. The average Bonchev–Trinajstić information content (AvgIpc) is 3.16. The summed E-state index contributed by atoms with van der Waals surface area (Å²) in [6.07, 6.45) is 4.77. The maximum atomic E-state index is 13.0. The lowest BCUT2D eigenvalue weighted by Crippen LogP contribution is -2.49. The molecule has 0 aliphatic carbocycles. The highest BCUT2D eigenvalue weighted by atomic mass is 32.1. The highest BCUT2D eigenvalue weighted by Crippen LogP contribution is 2.23. The van der Waals surface area contributed by atoms with E-state index < -0.39 is 0 Å². The van der Waals surface area contributed by atoms with Gasteiger partial charge in [0.25, 0.3) is 0 Å². The quantitative estimate of drug-likeness (QED) is 0.742. The number of thiazole rings is 1. The van der Waals surface area contributed by atoms with Gasteiger partial charge in [-0.3, -0.25) is 9.78 Å². The van der Waals surface area contributed by atoms with Crippen LogP contribution in [-0.4, -0.2) is 40.4 Å². The largest absolute Gasteiger partial charge is 0.333 e. The third-order valence-corrected chi connectivity index (χ3v) is 5.66. The summed E-state index contributed by atoms with van der Waals surface area (Å²) < 4.78 is 0. The molecular weight excluding hydrogens is 356 g/mol. The summed E-state index contributed by atoms with van der Waals surface area (Å²) in [5.41, 5.74) is 3.17. The Morgan fingerprint density at radius 1 is 1.22 bits per heavy atom. The zero-order valence-corrected chi connectivity index (χ0v) is 15.9. The van der Waals surface area contributed by atoms with Gasteiger partial charge in [0.15, 0.2) is 0 Å². The van der Waals surface area contributed by atoms with E-state index in [0.717, 1.165) is 35.8 Å². The molecule has 1 aliphatic rings. The van der Waals surface area contributed by atoms with Gasteiger partial charge < -0.3 is 10.2 Å². The summed E-state index contributed by atoms with van der Waals surface area (Å²) in [4.78, 5) is 23.8. The second-order valence-corrected chi connectivity index (χ2v) is 7.61. The van der Waals surface area contributed by atoms with E-state index in [-0.39, 0.29) is 11.9 Å². The standard InChI is InChI=1S/C21H22N4OS/c26-21(25-10-9-23-14-19(25)17-7-4-8-22-13-17)12-18-15-27-20(24-18)11-16-5-2-1-3-6-16/h1-8,13,15,19,23H,9-12,14H2. The Morgan fingerprint density at radius 3 is 2.93 bits per heavy atom. The summed E-state index contributed by atoms with van der Waals surface area (Å²) in [7, 11) is 0. The SMILES string of the molecule is O=C(Cc1csc(Cc2ccccc2)n1)N1CCNCC1c1cccnc1. The van der Waals surface area contributed by atoms with Crippen molar-refractivity contribution < 1.29 is 4.79 Å². The molecule has 1 fully saturated rings. The van der Waals surface area contributed by atoms with Crippen LogP contribution in [0.3, 0.4) is 0 Å². The number of hydrogen-bond donors (Lipinski definition) is 1. The molecule has 0 bridgehead atoms. The van der Waals surface area contributed by atoms with Gasteiger partial charge in [-0.25, -0.2) is 4.98 Å². The number of carbonyl (C=O) groups excluding carboxylic acids is 1. The van der Waals surface area contributed by atoms with Gasteiger partial charge >= 0.3 is 0 Å². The molecule has 1 amide bonds. The predicted octanol–water partition coefficient (Wildman–Crippen LogP) is 2.84. The van der Waals surface area contributed by atoms with E-state index in [9.17, 15) is 4.79 Å². The Kier molecular flexibility index (Phi) is 5.55. The van der Waals surface area contributed by atoms with Gasteiger partial charge in [-0.05, 0) is 17.2 Å². The molecule has 138 valence electrons. The highest BCUT2D eigenvalue weighted by Gasteiger charge is 2.28. The smallest absolute Gasteiger partial charge is 0.229 e. The molecule has 1 N–H and O–H groups in total. The van der Waals surface area contributed by atoms with Crippen LogP contribution >= 0.6 is 11.3 Å². The van der Waals surface area contributed by atoms with Crippen molar-refractivity contribution >= 4 is 17.2 Å². The van der Waals surface area contributed by atoms with Crippen molar-refractivity contribution in [2.75, 3.05) is 19.6 Å². The minimum absolute atomic E-state index is 0.0300. The minimum Gasteiger partial charge on any atom is -0.333 e. The Balaban J connectivity index is 1.43. The van der Waals surface area contributed by atoms with Crippen LogP contribution in [0.25, 0.3) is 0 Å². The zero-order valence-electron chi connectivity index (χ0n) is 15.0. The Morgan fingerprint density at radius 2 is 2.11 bits per heavy atom. The fourth-order valence-corrected chi connectivity index (χ4v) is 4.24. The zero-order chi connectivity index (χ0) is 18.5. The molecule has 3 aromatic rings. The van der Waals surface area contributed by atoms with Crippen LogP contribution in [0.2, 0.25) is 0 Å². The number of piperazine rings is 1. The Hall–Kier alpha value is -2.57. The van der Waals surface area contributed by atoms with E-state index in [1.54, 1.807) is 17.5 Å². The van der Waals surface area contributed by atoms with Gasteiger partial charge in [-0.15, -0.1) is 11.3 Å². The molecule has 1 atom stereocenters. The van der Waals surface area contributed by atoms with Gasteiger partial charge in [-0.1, -0.05) is 36.4 Å². The summed E-state index contributed by atoms with van der Waals surface area (Å²) >= 11 is 1.63. The highest BCUT2D eigenvalue weighted by molar-refractivity contribution is 7.09. The first kappa shape index (κ1) is 17.8. The van der Waals surface area contributed by atoms with Gasteiger partial charge in [0, 0.05) is 43.8 Å². The Bertz CT molecular complexity index is 881. The topological polar surface area (TPSA) is 58.1 Å². The van der Waals surface area contributed by atoms with Crippen molar-refractivity contribution in [2.45, 2.75) is 18.9 Å². The van der Waals surface area contributed by atoms with Crippen LogP contribution in [0.1, 0.15) is 27.9 Å². The first-order valence-electron chi connectivity index (χ1n) is 9.17. The van der Waals surface area contributed by atoms with Gasteiger partial charge in [0.05, 0.1) is 23.2 Å². The molecule has 1 aliphatic heterocycles. The summed E-state index contributed by atoms with van der Waals surface area (Å²) in [6.45, 7) is 2.28. The van der Waals surface area contributed by atoms with Crippen molar-refractivity contribution in [3.05, 3.63) is 82.1 Å². The lowest BCUT2D eigenvalue weighted by molar-refractivity contribution is -0.133. The van der Waals surface area contributed by atoms with Gasteiger partial charge in [-0.2, -0.15) is 0 Å². The molecule has 1 saturated heterocycles. The molecule has 1 aromatic carbocycles. The summed E-state index contributed by atoms with van der Waals surface area (Å²) in [5, 5.41) is 6.44. The van der Waals surface area contributed by atoms with Gasteiger partial charge in [0.1, 0.15) is 0 Å². The molecule has 6 heteroatoms. The number of aromatic nitrogens is 2. The van der Waals surface area contributed by atoms with Crippen LogP contribution in [0.15, 0.2) is 60.2 Å². The molecule has 3 heterocycles.